The third-order valence-electron chi connectivity index (χ3n) is 4.42. The number of H-pyrrole nitrogens is 1. The lowest BCUT2D eigenvalue weighted by Gasteiger charge is -2.17. The summed E-state index contributed by atoms with van der Waals surface area (Å²) in [6.45, 7) is 7.33. The molecule has 0 radical (unpaired) electrons. The Morgan fingerprint density at radius 3 is 2.62 bits per heavy atom. The lowest BCUT2D eigenvalue weighted by Crippen LogP contribution is -2.25. The van der Waals surface area contributed by atoms with Gasteiger partial charge in [0, 0.05) is 29.3 Å². The summed E-state index contributed by atoms with van der Waals surface area (Å²) in [6, 6.07) is 8.65. The molecule has 0 aliphatic heterocycles. The van der Waals surface area contributed by atoms with Gasteiger partial charge in [0.05, 0.1) is 4.34 Å². The standard InChI is InChI=1S/C18H22ClN3O2S2/c1-3-22(4-2)10-9-13-12-20-16-6-5-14(11-15(13)16)21-26(23,24)18-8-7-17(19)25-18/h5-8,11-12,20-21H,3-4,9-10H2,1-2H3. The Labute approximate surface area is 163 Å². The van der Waals surface area contributed by atoms with Gasteiger partial charge in [0.25, 0.3) is 10.0 Å². The van der Waals surface area contributed by atoms with Crippen LogP contribution in [-0.2, 0) is 16.4 Å². The first-order valence-corrected chi connectivity index (χ1v) is 11.2. The van der Waals surface area contributed by atoms with Gasteiger partial charge in [0.1, 0.15) is 4.21 Å². The van der Waals surface area contributed by atoms with Crippen molar-refractivity contribution in [2.75, 3.05) is 24.4 Å². The molecule has 0 aliphatic carbocycles. The highest BCUT2D eigenvalue weighted by Gasteiger charge is 2.17. The van der Waals surface area contributed by atoms with Gasteiger partial charge in [0.2, 0.25) is 0 Å². The number of anilines is 1. The van der Waals surface area contributed by atoms with E-state index in [2.05, 4.69) is 28.5 Å². The van der Waals surface area contributed by atoms with Crippen LogP contribution < -0.4 is 4.72 Å². The van der Waals surface area contributed by atoms with E-state index in [1.165, 1.54) is 11.6 Å². The first kappa shape index (κ1) is 19.2. The molecule has 8 heteroatoms. The van der Waals surface area contributed by atoms with Gasteiger partial charge < -0.3 is 9.88 Å². The molecule has 0 aliphatic rings. The zero-order valence-corrected chi connectivity index (χ0v) is 17.1. The highest BCUT2D eigenvalue weighted by Crippen LogP contribution is 2.29. The highest BCUT2D eigenvalue weighted by molar-refractivity contribution is 7.94. The van der Waals surface area contributed by atoms with Crippen LogP contribution in [0.3, 0.4) is 0 Å². The van der Waals surface area contributed by atoms with Crippen molar-refractivity contribution in [2.45, 2.75) is 24.5 Å². The summed E-state index contributed by atoms with van der Waals surface area (Å²) < 4.78 is 28.3. The van der Waals surface area contributed by atoms with Crippen molar-refractivity contribution in [3.63, 3.8) is 0 Å². The number of fused-ring (bicyclic) bond motifs is 1. The molecule has 140 valence electrons. The van der Waals surface area contributed by atoms with E-state index in [0.29, 0.717) is 10.0 Å². The molecule has 0 amide bonds. The topological polar surface area (TPSA) is 65.2 Å². The van der Waals surface area contributed by atoms with E-state index in [9.17, 15) is 8.42 Å². The number of rotatable bonds is 8. The van der Waals surface area contributed by atoms with Crippen LogP contribution in [0.15, 0.2) is 40.7 Å². The molecule has 0 bridgehead atoms. The third-order valence-corrected chi connectivity index (χ3v) is 7.53. The third kappa shape index (κ3) is 4.23. The average Bonchev–Trinajstić information content (AvgIpc) is 3.22. The number of hydrogen-bond acceptors (Lipinski definition) is 4. The Morgan fingerprint density at radius 1 is 1.19 bits per heavy atom. The quantitative estimate of drug-likeness (QED) is 0.570. The van der Waals surface area contributed by atoms with Gasteiger partial charge in [-0.3, -0.25) is 4.72 Å². The zero-order chi connectivity index (χ0) is 18.7. The summed E-state index contributed by atoms with van der Waals surface area (Å²) in [4.78, 5) is 5.63. The van der Waals surface area contributed by atoms with E-state index in [0.717, 1.165) is 48.3 Å². The SMILES string of the molecule is CCN(CC)CCc1c[nH]c2ccc(NS(=O)(=O)c3ccc(Cl)s3)cc12. The number of halogens is 1. The van der Waals surface area contributed by atoms with Crippen molar-refractivity contribution in [1.29, 1.82) is 0 Å². The first-order valence-electron chi connectivity index (χ1n) is 8.53. The number of benzene rings is 1. The summed E-state index contributed by atoms with van der Waals surface area (Å²) in [5, 5.41) is 1.04. The van der Waals surface area contributed by atoms with Crippen molar-refractivity contribution in [3.05, 3.63) is 46.4 Å². The Balaban J connectivity index is 1.83. The summed E-state index contributed by atoms with van der Waals surface area (Å²) >= 11 is 6.90. The molecular weight excluding hydrogens is 390 g/mol. The molecule has 3 rings (SSSR count). The van der Waals surface area contributed by atoms with Crippen LogP contribution in [0.25, 0.3) is 10.9 Å². The fraction of sp³-hybridized carbons (Fsp3) is 0.333. The predicted molar refractivity (Wildman–Crippen MR) is 110 cm³/mol. The van der Waals surface area contributed by atoms with Crippen molar-refractivity contribution in [1.82, 2.24) is 9.88 Å². The molecule has 2 heterocycles. The van der Waals surface area contributed by atoms with E-state index in [4.69, 9.17) is 11.6 Å². The number of nitrogens with zero attached hydrogens (tertiary/aromatic N) is 1. The van der Waals surface area contributed by atoms with E-state index in [1.807, 2.05) is 18.3 Å². The van der Waals surface area contributed by atoms with Crippen LogP contribution in [0.1, 0.15) is 19.4 Å². The van der Waals surface area contributed by atoms with E-state index in [-0.39, 0.29) is 4.21 Å². The molecule has 0 saturated heterocycles. The highest BCUT2D eigenvalue weighted by atomic mass is 35.5. The van der Waals surface area contributed by atoms with Crippen LogP contribution in [0, 0.1) is 0 Å². The van der Waals surface area contributed by atoms with Gasteiger partial charge in [-0.05, 0) is 55.4 Å². The molecule has 0 fully saturated rings. The maximum atomic E-state index is 12.5. The lowest BCUT2D eigenvalue weighted by molar-refractivity contribution is 0.308. The number of nitrogens with one attached hydrogen (secondary N) is 2. The molecular formula is C18H22ClN3O2S2. The summed E-state index contributed by atoms with van der Waals surface area (Å²) in [5.41, 5.74) is 2.74. The molecule has 3 aromatic rings. The Bertz CT molecular complexity index is 991. The monoisotopic (exact) mass is 411 g/mol. The minimum absolute atomic E-state index is 0.207. The van der Waals surface area contributed by atoms with Crippen molar-refractivity contribution in [2.24, 2.45) is 0 Å². The Morgan fingerprint density at radius 2 is 1.96 bits per heavy atom. The van der Waals surface area contributed by atoms with Gasteiger partial charge in [-0.2, -0.15) is 0 Å². The molecule has 0 unspecified atom stereocenters. The molecule has 2 N–H and O–H groups in total. The average molecular weight is 412 g/mol. The maximum Gasteiger partial charge on any atom is 0.271 e. The van der Waals surface area contributed by atoms with Crippen molar-refractivity contribution in [3.8, 4) is 0 Å². The minimum Gasteiger partial charge on any atom is -0.361 e. The van der Waals surface area contributed by atoms with Crippen molar-refractivity contribution < 1.29 is 8.42 Å². The maximum absolute atomic E-state index is 12.5. The number of likely N-dealkylation sites (N-methyl/N-ethyl adjacent to an activating group) is 1. The minimum atomic E-state index is -3.63. The van der Waals surface area contributed by atoms with E-state index < -0.39 is 10.0 Å². The second-order valence-electron chi connectivity index (χ2n) is 6.02. The summed E-state index contributed by atoms with van der Waals surface area (Å²) in [6.07, 6.45) is 2.92. The van der Waals surface area contributed by atoms with E-state index >= 15 is 0 Å². The molecule has 0 atom stereocenters. The molecule has 0 saturated carbocycles. The molecule has 5 nitrogen and oxygen atoms in total. The molecule has 2 aromatic heterocycles. The fourth-order valence-electron chi connectivity index (χ4n) is 2.91. The van der Waals surface area contributed by atoms with Crippen molar-refractivity contribution >= 4 is 49.6 Å². The van der Waals surface area contributed by atoms with Crippen LogP contribution in [0.4, 0.5) is 5.69 Å². The van der Waals surface area contributed by atoms with Crippen LogP contribution in [0.2, 0.25) is 4.34 Å². The van der Waals surface area contributed by atoms with Gasteiger partial charge in [-0.15, -0.1) is 11.3 Å². The summed E-state index contributed by atoms with van der Waals surface area (Å²) in [7, 11) is -3.63. The molecule has 26 heavy (non-hydrogen) atoms. The van der Waals surface area contributed by atoms with Crippen LogP contribution in [0.5, 0.6) is 0 Å². The van der Waals surface area contributed by atoms with Crippen LogP contribution in [-0.4, -0.2) is 37.9 Å². The normalized spacial score (nSPS) is 12.2. The van der Waals surface area contributed by atoms with Crippen LogP contribution >= 0.6 is 22.9 Å². The lowest BCUT2D eigenvalue weighted by atomic mass is 10.1. The zero-order valence-electron chi connectivity index (χ0n) is 14.8. The second-order valence-corrected chi connectivity index (χ2v) is 9.64. The summed E-state index contributed by atoms with van der Waals surface area (Å²) in [5.74, 6) is 0. The Kier molecular flexibility index (Phi) is 5.92. The Hall–Kier alpha value is -1.54. The second kappa shape index (κ2) is 8.00. The van der Waals surface area contributed by atoms with E-state index in [1.54, 1.807) is 12.1 Å². The molecule has 0 spiro atoms. The number of hydrogen-bond donors (Lipinski definition) is 2. The number of aromatic amines is 1. The smallest absolute Gasteiger partial charge is 0.271 e. The van der Waals surface area contributed by atoms with Gasteiger partial charge in [0.15, 0.2) is 0 Å². The predicted octanol–water partition coefficient (Wildman–Crippen LogP) is 4.57. The van der Waals surface area contributed by atoms with Gasteiger partial charge in [-0.25, -0.2) is 8.42 Å². The number of thiophene rings is 1. The van der Waals surface area contributed by atoms with Gasteiger partial charge in [-0.1, -0.05) is 25.4 Å². The van der Waals surface area contributed by atoms with Gasteiger partial charge >= 0.3 is 0 Å². The molecule has 1 aromatic carbocycles. The largest absolute Gasteiger partial charge is 0.361 e. The number of sulfonamides is 1. The first-order chi connectivity index (χ1) is 12.4. The fourth-order valence-corrected chi connectivity index (χ4v) is 5.45. The number of aromatic nitrogens is 1.